The maximum absolute atomic E-state index is 5.31. The van der Waals surface area contributed by atoms with E-state index in [1.807, 2.05) is 30.7 Å². The van der Waals surface area contributed by atoms with Crippen molar-refractivity contribution in [2.75, 3.05) is 14.2 Å². The molecule has 21 heavy (non-hydrogen) atoms. The van der Waals surface area contributed by atoms with Gasteiger partial charge in [0.05, 0.1) is 26.2 Å². The van der Waals surface area contributed by atoms with Crippen LogP contribution in [0.25, 0.3) is 0 Å². The van der Waals surface area contributed by atoms with Crippen LogP contribution in [0.3, 0.4) is 0 Å². The summed E-state index contributed by atoms with van der Waals surface area (Å²) in [5.74, 6) is 1.50. The Labute approximate surface area is 125 Å². The van der Waals surface area contributed by atoms with Gasteiger partial charge in [0, 0.05) is 25.3 Å². The molecule has 0 aliphatic rings. The Hall–Kier alpha value is -2.01. The number of nitrogens with zero attached hydrogens (tertiary/aromatic N) is 2. The minimum absolute atomic E-state index is 0.422. The zero-order valence-electron chi connectivity index (χ0n) is 13.1. The monoisotopic (exact) mass is 289 g/mol. The van der Waals surface area contributed by atoms with Crippen molar-refractivity contribution >= 4 is 0 Å². The fraction of sp³-hybridized carbons (Fsp3) is 0.438. The molecule has 0 saturated heterocycles. The van der Waals surface area contributed by atoms with E-state index in [0.717, 1.165) is 30.2 Å². The molecule has 0 fully saturated rings. The van der Waals surface area contributed by atoms with Gasteiger partial charge >= 0.3 is 0 Å². The van der Waals surface area contributed by atoms with E-state index in [1.54, 1.807) is 14.2 Å². The Kier molecular flexibility index (Phi) is 5.22. The molecule has 0 aliphatic heterocycles. The molecule has 0 radical (unpaired) electrons. The molecule has 0 aliphatic carbocycles. The van der Waals surface area contributed by atoms with E-state index in [0.29, 0.717) is 6.04 Å². The molecule has 0 saturated carbocycles. The normalized spacial score (nSPS) is 10.9. The molecule has 1 aromatic heterocycles. The summed E-state index contributed by atoms with van der Waals surface area (Å²) in [5.41, 5.74) is 2.34. The summed E-state index contributed by atoms with van der Waals surface area (Å²) >= 11 is 0. The van der Waals surface area contributed by atoms with Crippen molar-refractivity contribution in [2.45, 2.75) is 33.0 Å². The highest BCUT2D eigenvalue weighted by Gasteiger charge is 2.06. The van der Waals surface area contributed by atoms with E-state index >= 15 is 0 Å². The number of methoxy groups -OCH3 is 2. The number of hydrogen-bond acceptors (Lipinski definition) is 4. The number of aromatic nitrogens is 2. The predicted molar refractivity (Wildman–Crippen MR) is 82.7 cm³/mol. The third kappa shape index (κ3) is 3.76. The molecule has 0 bridgehead atoms. The Balaban J connectivity index is 1.96. The molecule has 2 rings (SSSR count). The smallest absolute Gasteiger partial charge is 0.161 e. The summed E-state index contributed by atoms with van der Waals surface area (Å²) in [6, 6.07) is 6.37. The van der Waals surface area contributed by atoms with Gasteiger partial charge in [0.2, 0.25) is 0 Å². The van der Waals surface area contributed by atoms with Crippen molar-refractivity contribution in [1.29, 1.82) is 0 Å². The highest BCUT2D eigenvalue weighted by molar-refractivity contribution is 5.42. The first kappa shape index (κ1) is 15.4. The van der Waals surface area contributed by atoms with E-state index in [9.17, 15) is 0 Å². The molecule has 5 nitrogen and oxygen atoms in total. The molecule has 0 spiro atoms. The van der Waals surface area contributed by atoms with Crippen LogP contribution in [0.1, 0.15) is 31.1 Å². The van der Waals surface area contributed by atoms with Crippen molar-refractivity contribution in [3.05, 3.63) is 42.0 Å². The lowest BCUT2D eigenvalue weighted by Crippen LogP contribution is -2.16. The first-order valence-electron chi connectivity index (χ1n) is 7.08. The largest absolute Gasteiger partial charge is 0.493 e. The summed E-state index contributed by atoms with van der Waals surface area (Å²) in [5, 5.41) is 3.43. The summed E-state index contributed by atoms with van der Waals surface area (Å²) in [6.07, 6.45) is 3.78. The van der Waals surface area contributed by atoms with Crippen LogP contribution in [-0.2, 0) is 13.1 Å². The molecule has 1 heterocycles. The number of nitrogens with one attached hydrogen (secondary N) is 1. The minimum Gasteiger partial charge on any atom is -0.493 e. The topological polar surface area (TPSA) is 48.3 Å². The van der Waals surface area contributed by atoms with Crippen LogP contribution in [0.4, 0.5) is 0 Å². The number of benzene rings is 1. The Morgan fingerprint density at radius 2 is 1.90 bits per heavy atom. The second-order valence-electron chi connectivity index (χ2n) is 5.18. The van der Waals surface area contributed by atoms with E-state index < -0.39 is 0 Å². The van der Waals surface area contributed by atoms with E-state index in [2.05, 4.69) is 28.7 Å². The van der Waals surface area contributed by atoms with Gasteiger partial charge in [-0.05, 0) is 31.5 Å². The molecule has 2 aromatic rings. The molecule has 0 unspecified atom stereocenters. The molecule has 0 amide bonds. The number of hydrogen-bond donors (Lipinski definition) is 1. The summed E-state index contributed by atoms with van der Waals surface area (Å²) in [4.78, 5) is 4.21. The molecule has 1 aromatic carbocycles. The van der Waals surface area contributed by atoms with Crippen molar-refractivity contribution in [3.63, 3.8) is 0 Å². The van der Waals surface area contributed by atoms with E-state index in [-0.39, 0.29) is 0 Å². The van der Waals surface area contributed by atoms with Crippen molar-refractivity contribution < 1.29 is 9.47 Å². The third-order valence-corrected chi connectivity index (χ3v) is 3.39. The van der Waals surface area contributed by atoms with E-state index in [1.165, 1.54) is 5.69 Å². The van der Waals surface area contributed by atoms with Crippen LogP contribution in [0.2, 0.25) is 0 Å². The standard InChI is InChI=1S/C16H23N3O2/c1-12(2)19-11-18-10-14(19)9-17-8-13-5-6-15(20-3)16(7-13)21-4/h5-7,10-12,17H,8-9H2,1-4H3. The van der Waals surface area contributed by atoms with Crippen LogP contribution in [-0.4, -0.2) is 23.8 Å². The second-order valence-corrected chi connectivity index (χ2v) is 5.18. The van der Waals surface area contributed by atoms with Gasteiger partial charge in [0.15, 0.2) is 11.5 Å². The van der Waals surface area contributed by atoms with E-state index in [4.69, 9.17) is 9.47 Å². The number of ether oxygens (including phenoxy) is 2. The maximum Gasteiger partial charge on any atom is 0.161 e. The highest BCUT2D eigenvalue weighted by atomic mass is 16.5. The average molecular weight is 289 g/mol. The van der Waals surface area contributed by atoms with Crippen molar-refractivity contribution in [3.8, 4) is 11.5 Å². The fourth-order valence-corrected chi connectivity index (χ4v) is 2.26. The van der Waals surface area contributed by atoms with Crippen LogP contribution in [0.15, 0.2) is 30.7 Å². The lowest BCUT2D eigenvalue weighted by atomic mass is 10.2. The second kappa shape index (κ2) is 7.13. The Morgan fingerprint density at radius 3 is 2.57 bits per heavy atom. The zero-order chi connectivity index (χ0) is 15.2. The lowest BCUT2D eigenvalue weighted by molar-refractivity contribution is 0.354. The van der Waals surface area contributed by atoms with Gasteiger partial charge < -0.3 is 19.4 Å². The molecule has 1 N–H and O–H groups in total. The van der Waals surface area contributed by atoms with Gasteiger partial charge in [-0.1, -0.05) is 6.07 Å². The molecule has 5 heteroatoms. The van der Waals surface area contributed by atoms with Gasteiger partial charge in [-0.2, -0.15) is 0 Å². The average Bonchev–Trinajstić information content (AvgIpc) is 2.95. The first-order chi connectivity index (χ1) is 10.2. The van der Waals surface area contributed by atoms with Gasteiger partial charge in [-0.15, -0.1) is 0 Å². The zero-order valence-corrected chi connectivity index (χ0v) is 13.1. The summed E-state index contributed by atoms with van der Waals surface area (Å²) in [7, 11) is 3.29. The minimum atomic E-state index is 0.422. The van der Waals surface area contributed by atoms with Gasteiger partial charge in [-0.25, -0.2) is 4.98 Å². The van der Waals surface area contributed by atoms with Gasteiger partial charge in [-0.3, -0.25) is 0 Å². The van der Waals surface area contributed by atoms with Crippen LogP contribution < -0.4 is 14.8 Å². The van der Waals surface area contributed by atoms with Crippen LogP contribution >= 0.6 is 0 Å². The predicted octanol–water partition coefficient (Wildman–Crippen LogP) is 2.77. The molecular formula is C16H23N3O2. The fourth-order valence-electron chi connectivity index (χ4n) is 2.26. The summed E-state index contributed by atoms with van der Waals surface area (Å²) < 4.78 is 12.7. The molecule has 114 valence electrons. The number of rotatable bonds is 7. The van der Waals surface area contributed by atoms with Gasteiger partial charge in [0.25, 0.3) is 0 Å². The highest BCUT2D eigenvalue weighted by Crippen LogP contribution is 2.27. The van der Waals surface area contributed by atoms with Crippen molar-refractivity contribution in [1.82, 2.24) is 14.9 Å². The van der Waals surface area contributed by atoms with Gasteiger partial charge in [0.1, 0.15) is 0 Å². The SMILES string of the molecule is COc1ccc(CNCc2cncn2C(C)C)cc1OC. The lowest BCUT2D eigenvalue weighted by Gasteiger charge is -2.13. The maximum atomic E-state index is 5.31. The molecule has 0 atom stereocenters. The third-order valence-electron chi connectivity index (χ3n) is 3.39. The Bertz CT molecular complexity index is 579. The van der Waals surface area contributed by atoms with Crippen LogP contribution in [0.5, 0.6) is 11.5 Å². The van der Waals surface area contributed by atoms with Crippen molar-refractivity contribution in [2.24, 2.45) is 0 Å². The molecular weight excluding hydrogens is 266 g/mol. The van der Waals surface area contributed by atoms with Crippen LogP contribution in [0, 0.1) is 0 Å². The number of imidazole rings is 1. The first-order valence-corrected chi connectivity index (χ1v) is 7.08. The Morgan fingerprint density at radius 1 is 1.14 bits per heavy atom. The summed E-state index contributed by atoms with van der Waals surface area (Å²) in [6.45, 7) is 5.86. The quantitative estimate of drug-likeness (QED) is 0.851.